The van der Waals surface area contributed by atoms with E-state index in [9.17, 15) is 26.8 Å². The minimum atomic E-state index is -4.87. The number of benzene rings is 2. The third kappa shape index (κ3) is 3.46. The zero-order valence-electron chi connectivity index (χ0n) is 11.0. The number of fused-ring (bicyclic) bond motifs is 1. The van der Waals surface area contributed by atoms with Crippen LogP contribution in [-0.4, -0.2) is 60.6 Å². The zero-order chi connectivity index (χ0) is 16.0. The second kappa shape index (κ2) is 6.20. The van der Waals surface area contributed by atoms with E-state index >= 15 is 0 Å². The summed E-state index contributed by atoms with van der Waals surface area (Å²) in [5.41, 5.74) is -0.679. The third-order valence-electron chi connectivity index (χ3n) is 2.69. The van der Waals surface area contributed by atoms with Crippen LogP contribution >= 0.6 is 0 Å². The van der Waals surface area contributed by atoms with Crippen molar-refractivity contribution in [1.29, 1.82) is 0 Å². The van der Waals surface area contributed by atoms with Crippen molar-refractivity contribution < 1.29 is 31.0 Å². The summed E-state index contributed by atoms with van der Waals surface area (Å²) in [4.78, 5) is 9.19. The molecule has 0 aromatic heterocycles. The van der Waals surface area contributed by atoms with Crippen LogP contribution in [0.2, 0.25) is 0 Å². The molecule has 0 fully saturated rings. The van der Waals surface area contributed by atoms with E-state index in [0.29, 0.717) is 0 Å². The average Bonchev–Trinajstić information content (AvgIpc) is 2.35. The van der Waals surface area contributed by atoms with Gasteiger partial charge in [0.05, 0.1) is 4.90 Å². The normalized spacial score (nSPS) is 11.9. The summed E-state index contributed by atoms with van der Waals surface area (Å²) in [5.74, 6) is -1.06. The summed E-state index contributed by atoms with van der Waals surface area (Å²) >= 11 is 0. The minimum Gasteiger partial charge on any atom is -0.504 e. The fourth-order valence-electron chi connectivity index (χ4n) is 1.78. The standard InChI is InChI=1S/C10H7NO8S2.Na/c12-10-8(21(17,18)19)4-5-3-6(20(14,15)16)1-2-7(5)9(10)11-13;/h1-4,12H,(H,14,15,16)(H,17,18,19);. The molecule has 0 amide bonds. The summed E-state index contributed by atoms with van der Waals surface area (Å²) in [5, 5.41) is 11.9. The van der Waals surface area contributed by atoms with Gasteiger partial charge >= 0.3 is 0 Å². The largest absolute Gasteiger partial charge is 0.504 e. The molecule has 0 bridgehead atoms. The summed E-state index contributed by atoms with van der Waals surface area (Å²) in [7, 11) is -9.42. The topological polar surface area (TPSA) is 158 Å². The molecule has 1 radical (unpaired) electrons. The van der Waals surface area contributed by atoms with Gasteiger partial charge in [-0.25, -0.2) is 0 Å². The van der Waals surface area contributed by atoms with Crippen molar-refractivity contribution in [2.75, 3.05) is 0 Å². The SMILES string of the molecule is O=Nc1c(O)c(S(=O)(=O)O)cc2cc(S(=O)(=O)O)ccc12.[Na]. The van der Waals surface area contributed by atoms with Gasteiger partial charge in [-0.2, -0.15) is 16.8 Å². The smallest absolute Gasteiger partial charge is 0.298 e. The monoisotopic (exact) mass is 356 g/mol. The van der Waals surface area contributed by atoms with Crippen LogP contribution in [0, 0.1) is 4.91 Å². The fraction of sp³-hybridized carbons (Fsp3) is 0. The van der Waals surface area contributed by atoms with E-state index in [4.69, 9.17) is 9.11 Å². The fourth-order valence-corrected chi connectivity index (χ4v) is 2.91. The molecule has 113 valence electrons. The number of rotatable bonds is 3. The number of nitroso groups, excluding NO2 is 1. The molecule has 0 unspecified atom stereocenters. The molecule has 0 aliphatic heterocycles. The Morgan fingerprint density at radius 2 is 1.55 bits per heavy atom. The summed E-state index contributed by atoms with van der Waals surface area (Å²) in [6.45, 7) is 0. The van der Waals surface area contributed by atoms with Crippen LogP contribution in [0.3, 0.4) is 0 Å². The Balaban J connectivity index is 0.00000242. The van der Waals surface area contributed by atoms with E-state index in [2.05, 4.69) is 5.18 Å². The Morgan fingerprint density at radius 3 is 2.00 bits per heavy atom. The second-order valence-corrected chi connectivity index (χ2v) is 6.81. The molecule has 0 spiro atoms. The quantitative estimate of drug-likeness (QED) is 0.418. The maximum atomic E-state index is 11.1. The van der Waals surface area contributed by atoms with Gasteiger partial charge in [-0.15, -0.1) is 4.91 Å². The molecular formula is C10H7NNaO8S2. The van der Waals surface area contributed by atoms with Gasteiger partial charge in [0.1, 0.15) is 4.90 Å². The number of phenols is 1. The summed E-state index contributed by atoms with van der Waals surface area (Å²) < 4.78 is 62.2. The Morgan fingerprint density at radius 1 is 0.955 bits per heavy atom. The van der Waals surface area contributed by atoms with E-state index in [1.165, 1.54) is 0 Å². The Bertz CT molecular complexity index is 968. The first-order chi connectivity index (χ1) is 9.55. The van der Waals surface area contributed by atoms with Crippen LogP contribution < -0.4 is 0 Å². The molecule has 22 heavy (non-hydrogen) atoms. The predicted octanol–water partition coefficient (Wildman–Crippen LogP) is 1.06. The van der Waals surface area contributed by atoms with Gasteiger partial charge in [0, 0.05) is 34.9 Å². The maximum absolute atomic E-state index is 11.1. The Kier molecular flexibility index (Phi) is 5.34. The van der Waals surface area contributed by atoms with Gasteiger partial charge < -0.3 is 5.11 Å². The predicted molar refractivity (Wildman–Crippen MR) is 76.5 cm³/mol. The molecule has 0 aliphatic rings. The van der Waals surface area contributed by atoms with E-state index in [-0.39, 0.29) is 40.3 Å². The first-order valence-electron chi connectivity index (χ1n) is 5.14. The minimum absolute atomic E-state index is 0. The van der Waals surface area contributed by atoms with Crippen LogP contribution in [0.25, 0.3) is 10.8 Å². The average molecular weight is 356 g/mol. The van der Waals surface area contributed by atoms with Crippen molar-refractivity contribution in [2.45, 2.75) is 9.79 Å². The molecule has 9 nitrogen and oxygen atoms in total. The van der Waals surface area contributed by atoms with Gasteiger partial charge in [0.15, 0.2) is 11.4 Å². The number of phenolic OH excluding ortho intramolecular Hbond substituents is 1. The molecule has 0 atom stereocenters. The molecule has 0 saturated heterocycles. The number of nitrogens with zero attached hydrogens (tertiary/aromatic N) is 1. The third-order valence-corrected chi connectivity index (χ3v) is 4.41. The number of aromatic hydroxyl groups is 1. The number of hydrogen-bond donors (Lipinski definition) is 3. The van der Waals surface area contributed by atoms with Crippen molar-refractivity contribution in [1.82, 2.24) is 0 Å². The Labute approximate surface area is 146 Å². The zero-order valence-corrected chi connectivity index (χ0v) is 14.6. The molecule has 0 saturated carbocycles. The number of hydrogen-bond acceptors (Lipinski definition) is 7. The van der Waals surface area contributed by atoms with E-state index in [0.717, 1.165) is 24.3 Å². The molecular weight excluding hydrogens is 349 g/mol. The van der Waals surface area contributed by atoms with Crippen LogP contribution in [0.1, 0.15) is 0 Å². The summed E-state index contributed by atoms with van der Waals surface area (Å²) in [6.07, 6.45) is 0. The Hall–Kier alpha value is -1.08. The first kappa shape index (κ1) is 19.0. The van der Waals surface area contributed by atoms with E-state index in [1.807, 2.05) is 0 Å². The molecule has 2 aromatic carbocycles. The van der Waals surface area contributed by atoms with Gasteiger partial charge in [-0.3, -0.25) is 9.11 Å². The van der Waals surface area contributed by atoms with Crippen LogP contribution in [-0.2, 0) is 20.2 Å². The molecule has 2 aromatic rings. The van der Waals surface area contributed by atoms with Gasteiger partial charge in [0.25, 0.3) is 20.2 Å². The molecule has 2 rings (SSSR count). The van der Waals surface area contributed by atoms with Crippen molar-refractivity contribution >= 4 is 66.3 Å². The van der Waals surface area contributed by atoms with Gasteiger partial charge in [-0.05, 0) is 28.8 Å². The van der Waals surface area contributed by atoms with Crippen LogP contribution in [0.4, 0.5) is 5.69 Å². The second-order valence-electron chi connectivity index (χ2n) is 4.00. The summed E-state index contributed by atoms with van der Waals surface area (Å²) in [6, 6.07) is 3.62. The van der Waals surface area contributed by atoms with E-state index < -0.39 is 41.5 Å². The molecule has 0 aliphatic carbocycles. The molecule has 12 heteroatoms. The molecule has 3 N–H and O–H groups in total. The van der Waals surface area contributed by atoms with Gasteiger partial charge in [0.2, 0.25) is 0 Å². The van der Waals surface area contributed by atoms with Crippen molar-refractivity contribution in [3.05, 3.63) is 29.2 Å². The van der Waals surface area contributed by atoms with Crippen LogP contribution in [0.5, 0.6) is 5.75 Å². The van der Waals surface area contributed by atoms with Crippen molar-refractivity contribution in [3.8, 4) is 5.75 Å². The molecule has 0 heterocycles. The van der Waals surface area contributed by atoms with Gasteiger partial charge in [-0.1, -0.05) is 6.07 Å². The maximum Gasteiger partial charge on any atom is 0.298 e. The van der Waals surface area contributed by atoms with Crippen LogP contribution in [0.15, 0.2) is 39.2 Å². The van der Waals surface area contributed by atoms with Crippen molar-refractivity contribution in [2.24, 2.45) is 5.18 Å². The van der Waals surface area contributed by atoms with E-state index in [1.54, 1.807) is 0 Å². The van der Waals surface area contributed by atoms with Crippen molar-refractivity contribution in [3.63, 3.8) is 0 Å². The first-order valence-corrected chi connectivity index (χ1v) is 8.02.